The highest BCUT2D eigenvalue weighted by molar-refractivity contribution is 5.64. The van der Waals surface area contributed by atoms with Gasteiger partial charge in [-0.15, -0.1) is 0 Å². The van der Waals surface area contributed by atoms with Gasteiger partial charge in [-0.05, 0) is 206 Å². The van der Waals surface area contributed by atoms with Crippen LogP contribution in [0.4, 0.5) is 0 Å². The molecule has 91 heavy (non-hydrogen) atoms. The molecular weight excluding hydrogens is 1100 g/mol. The number of hydrogen-bond acceptors (Lipinski definition) is 1. The van der Waals surface area contributed by atoms with Crippen LogP contribution in [0, 0.1) is 49.4 Å². The van der Waals surface area contributed by atoms with Crippen LogP contribution in [0.15, 0.2) is 212 Å². The van der Waals surface area contributed by atoms with E-state index < -0.39 is 0 Å². The zero-order valence-corrected chi connectivity index (χ0v) is 61.3. The molecule has 8 rings (SSSR count). The summed E-state index contributed by atoms with van der Waals surface area (Å²) in [6.45, 7) is 40.5. The third-order valence-electron chi connectivity index (χ3n) is 16.3. The lowest BCUT2D eigenvalue weighted by Gasteiger charge is -2.13. The minimum absolute atomic E-state index is 0.603. The molecule has 0 bridgehead atoms. The molecule has 0 aliphatic rings. The highest BCUT2D eigenvalue weighted by Gasteiger charge is 2.07. The maximum atomic E-state index is 5.16. The predicted molar refractivity (Wildman–Crippen MR) is 408 cm³/mol. The van der Waals surface area contributed by atoms with Gasteiger partial charge < -0.3 is 4.74 Å². The lowest BCUT2D eigenvalue weighted by Crippen LogP contribution is -1.97. The van der Waals surface area contributed by atoms with Crippen LogP contribution >= 0.6 is 0 Å². The Kier molecular flexibility index (Phi) is 43.6. The molecule has 0 N–H and O–H groups in total. The molecule has 0 spiro atoms. The van der Waals surface area contributed by atoms with Crippen molar-refractivity contribution in [3.63, 3.8) is 0 Å². The highest BCUT2D eigenvalue weighted by Crippen LogP contribution is 2.25. The maximum Gasteiger partial charge on any atom is 0.119 e. The molecule has 1 heteroatoms. The summed E-state index contributed by atoms with van der Waals surface area (Å²) in [5.41, 5.74) is 16.8. The van der Waals surface area contributed by atoms with Crippen LogP contribution in [-0.2, 0) is 38.5 Å². The Balaban J connectivity index is 0.000000363. The number of hydrogen-bond donors (Lipinski definition) is 0. The van der Waals surface area contributed by atoms with Crippen LogP contribution in [0.25, 0.3) is 11.1 Å². The van der Waals surface area contributed by atoms with Gasteiger partial charge in [0.15, 0.2) is 0 Å². The second-order valence-electron chi connectivity index (χ2n) is 28.3. The van der Waals surface area contributed by atoms with Crippen molar-refractivity contribution in [3.8, 4) is 16.9 Å². The summed E-state index contributed by atoms with van der Waals surface area (Å²) in [7, 11) is 1.71. The van der Waals surface area contributed by atoms with Crippen molar-refractivity contribution in [2.45, 2.75) is 233 Å². The van der Waals surface area contributed by atoms with Gasteiger partial charge in [0.05, 0.1) is 7.11 Å². The molecule has 8 aromatic carbocycles. The smallest absolute Gasteiger partial charge is 0.119 e. The number of aryl methyl sites for hydroxylation is 8. The molecule has 0 saturated heterocycles. The fourth-order valence-corrected chi connectivity index (χ4v) is 10.3. The Labute approximate surface area is 561 Å². The minimum Gasteiger partial charge on any atom is -0.497 e. The molecule has 0 amide bonds. The van der Waals surface area contributed by atoms with Crippen molar-refractivity contribution < 1.29 is 4.74 Å². The summed E-state index contributed by atoms with van der Waals surface area (Å²) in [5.74, 6) is 7.15. The van der Waals surface area contributed by atoms with Crippen LogP contribution in [0.1, 0.15) is 236 Å². The zero-order chi connectivity index (χ0) is 67.2. The number of ether oxygens (including phenoxy) is 1. The molecule has 8 aromatic rings. The second kappa shape index (κ2) is 49.2. The molecule has 0 saturated carbocycles. The van der Waals surface area contributed by atoms with Gasteiger partial charge in [0.2, 0.25) is 0 Å². The third kappa shape index (κ3) is 41.6. The Bertz CT molecular complexity index is 2920. The number of methoxy groups -OCH3 is 1. The van der Waals surface area contributed by atoms with E-state index in [1.165, 1.54) is 150 Å². The Morgan fingerprint density at radius 1 is 0.297 bits per heavy atom. The van der Waals surface area contributed by atoms with Crippen LogP contribution in [0.5, 0.6) is 5.75 Å². The number of unbranched alkanes of at least 4 members (excludes halogenated alkanes) is 1. The summed E-state index contributed by atoms with van der Waals surface area (Å²) in [6, 6.07) is 75.9. The first-order valence-electron chi connectivity index (χ1n) is 35.6. The average Bonchev–Trinajstić information content (AvgIpc) is 1.79. The summed E-state index contributed by atoms with van der Waals surface area (Å²) in [4.78, 5) is 0. The van der Waals surface area contributed by atoms with Crippen LogP contribution in [0.2, 0.25) is 0 Å². The molecule has 1 atom stereocenters. The molecule has 1 nitrogen and oxygen atoms in total. The summed E-state index contributed by atoms with van der Waals surface area (Å²) < 4.78 is 5.16. The van der Waals surface area contributed by atoms with Crippen molar-refractivity contribution in [3.05, 3.63) is 268 Å². The van der Waals surface area contributed by atoms with Crippen molar-refractivity contribution in [2.24, 2.45) is 35.5 Å². The molecule has 0 fully saturated rings. The highest BCUT2D eigenvalue weighted by atomic mass is 16.5. The normalized spacial score (nSPS) is 11.0. The van der Waals surface area contributed by atoms with E-state index in [1.807, 2.05) is 6.07 Å². The van der Waals surface area contributed by atoms with Crippen LogP contribution < -0.4 is 4.74 Å². The molecule has 0 radical (unpaired) electrons. The predicted octanol–water partition coefficient (Wildman–Crippen LogP) is 27.0. The second-order valence-corrected chi connectivity index (χ2v) is 28.3. The van der Waals surface area contributed by atoms with Gasteiger partial charge in [0.25, 0.3) is 0 Å². The van der Waals surface area contributed by atoms with Crippen molar-refractivity contribution in [2.75, 3.05) is 7.11 Å². The van der Waals surface area contributed by atoms with Crippen molar-refractivity contribution in [1.29, 1.82) is 0 Å². The molecule has 496 valence electrons. The third-order valence-corrected chi connectivity index (χ3v) is 16.3. The number of rotatable bonds is 25. The lowest BCUT2D eigenvalue weighted by atomic mass is 9.92. The van der Waals surface area contributed by atoms with Gasteiger partial charge in [-0.2, -0.15) is 0 Å². The summed E-state index contributed by atoms with van der Waals surface area (Å²) in [5, 5.41) is 0. The fourth-order valence-electron chi connectivity index (χ4n) is 10.3. The Morgan fingerprint density at radius 2 is 0.692 bits per heavy atom. The van der Waals surface area contributed by atoms with E-state index in [2.05, 4.69) is 331 Å². The largest absolute Gasteiger partial charge is 0.497 e. The Hall–Kier alpha value is -6.44. The summed E-state index contributed by atoms with van der Waals surface area (Å²) >= 11 is 0. The van der Waals surface area contributed by atoms with Gasteiger partial charge in [0, 0.05) is 0 Å². The first kappa shape index (κ1) is 80.7. The monoisotopic (exact) mass is 1230 g/mol. The van der Waals surface area contributed by atoms with Gasteiger partial charge in [-0.25, -0.2) is 0 Å². The molecule has 0 heterocycles. The van der Waals surface area contributed by atoms with Crippen molar-refractivity contribution >= 4 is 0 Å². The quantitative estimate of drug-likeness (QED) is 0.0518. The first-order chi connectivity index (χ1) is 43.6. The van der Waals surface area contributed by atoms with Gasteiger partial charge >= 0.3 is 0 Å². The summed E-state index contributed by atoms with van der Waals surface area (Å²) in [6.07, 6.45) is 19.0. The van der Waals surface area contributed by atoms with E-state index in [9.17, 15) is 0 Å². The van der Waals surface area contributed by atoms with Crippen molar-refractivity contribution in [1.82, 2.24) is 0 Å². The van der Waals surface area contributed by atoms with E-state index in [1.54, 1.807) is 7.11 Å². The SMILES string of the molecule is CC(C)CC(C)c1ccccc1.CC(C)CCCCc1ccccc1.CC(C)CCCc1ccccc1.CCc1ccc(-c2ccc(C(C)C)cc2)cc1.COc1cccc(CCC(C)C)c1.Cc1ccc(CCC(C)C)cc1.Cc1cccc(CCC(C)C)c1. The fraction of sp³-hybridized carbons (Fsp3) is 0.467. The molecule has 0 aromatic heterocycles. The number of benzene rings is 8. The lowest BCUT2D eigenvalue weighted by molar-refractivity contribution is 0.414. The van der Waals surface area contributed by atoms with Crippen LogP contribution in [-0.4, -0.2) is 7.11 Å². The maximum absolute atomic E-state index is 5.16. The Morgan fingerprint density at radius 3 is 1.13 bits per heavy atom. The molecule has 0 aliphatic carbocycles. The standard InChI is InChI=1S/C17H20.C13H20.C12H18O.4C12H18/c1-4-14-5-7-16(8-6-14)17-11-9-15(10-12-17)13(2)3;1-12(2)8-6-7-11-13-9-4-3-5-10-13;1-10(2)7-8-11-5-4-6-12(9-11)13-3;1-10(2)4-7-12-8-5-11(3)6-9-12;1-10(2)7-8-12-6-4-5-11(3)9-12;1-10(2)9-11(3)12-7-5-4-6-8-12;1-11(2)7-6-10-12-8-4-3-5-9-12/h5-13H,4H2,1-3H3;3-5,9-10,12H,6-8,11H2,1-2H3;4-6,9-10H,7-8H2,1-3H3;5-6,8-10H,4,7H2,1-3H3;4-6,9-10H,7-8H2,1-3H3;4-8,10-11H,9H2,1-3H3;3-5,8-9,11H,6-7,10H2,1-2H3. The zero-order valence-electron chi connectivity index (χ0n) is 61.3. The van der Waals surface area contributed by atoms with E-state index in [0.717, 1.165) is 54.1 Å². The average molecular weight is 1230 g/mol. The van der Waals surface area contributed by atoms with Gasteiger partial charge in [0.1, 0.15) is 5.75 Å². The van der Waals surface area contributed by atoms with E-state index >= 15 is 0 Å². The first-order valence-corrected chi connectivity index (χ1v) is 35.6. The molecule has 1 unspecified atom stereocenters. The molecule has 0 aliphatic heterocycles. The molecular formula is C90H130O. The van der Waals surface area contributed by atoms with Crippen LogP contribution in [0.3, 0.4) is 0 Å². The van der Waals surface area contributed by atoms with E-state index in [4.69, 9.17) is 4.74 Å². The van der Waals surface area contributed by atoms with E-state index in [-0.39, 0.29) is 0 Å². The van der Waals surface area contributed by atoms with Gasteiger partial charge in [-0.3, -0.25) is 0 Å². The van der Waals surface area contributed by atoms with Gasteiger partial charge in [-0.1, -0.05) is 341 Å². The minimum atomic E-state index is 0.603. The van der Waals surface area contributed by atoms with E-state index in [0.29, 0.717) is 11.8 Å². The topological polar surface area (TPSA) is 9.23 Å².